The summed E-state index contributed by atoms with van der Waals surface area (Å²) in [6, 6.07) is 4.97. The van der Waals surface area contributed by atoms with Crippen molar-refractivity contribution in [3.63, 3.8) is 0 Å². The Labute approximate surface area is 217 Å². The average molecular weight is 549 g/mol. The molecule has 1 N–H and O–H groups in total. The van der Waals surface area contributed by atoms with Gasteiger partial charge in [-0.2, -0.15) is 13.2 Å². The molecule has 208 valence electrons. The summed E-state index contributed by atoms with van der Waals surface area (Å²) in [4.78, 5) is 18.7. The lowest BCUT2D eigenvalue weighted by molar-refractivity contribution is -0.202. The van der Waals surface area contributed by atoms with Gasteiger partial charge in [0, 0.05) is 45.9 Å². The first-order chi connectivity index (χ1) is 17.8. The van der Waals surface area contributed by atoms with Crippen LogP contribution in [0.4, 0.5) is 13.2 Å². The molecule has 0 aromatic heterocycles. The van der Waals surface area contributed by atoms with Crippen molar-refractivity contribution in [3.8, 4) is 0 Å². The second-order valence-corrected chi connectivity index (χ2v) is 11.6. The van der Waals surface area contributed by atoms with Gasteiger partial charge in [0.2, 0.25) is 0 Å². The van der Waals surface area contributed by atoms with Gasteiger partial charge in [-0.25, -0.2) is 18.8 Å². The van der Waals surface area contributed by atoms with Crippen LogP contribution in [0.2, 0.25) is 0 Å². The van der Waals surface area contributed by atoms with Crippen LogP contribution >= 0.6 is 0 Å². The summed E-state index contributed by atoms with van der Waals surface area (Å²) < 4.78 is 69.3. The molecule has 0 aliphatic carbocycles. The molecular weight excluding hydrogens is 513 g/mol. The van der Waals surface area contributed by atoms with E-state index >= 15 is 0 Å². The minimum absolute atomic E-state index is 0.234. The van der Waals surface area contributed by atoms with Crippen LogP contribution in [0.15, 0.2) is 24.3 Å². The van der Waals surface area contributed by atoms with Crippen LogP contribution in [0.25, 0.3) is 0 Å². The molecule has 37 heavy (non-hydrogen) atoms. The maximum atomic E-state index is 13.7. The zero-order valence-electron chi connectivity index (χ0n) is 20.8. The lowest BCUT2D eigenvalue weighted by Crippen LogP contribution is -2.58. The zero-order chi connectivity index (χ0) is 26.3. The van der Waals surface area contributed by atoms with Crippen molar-refractivity contribution in [3.05, 3.63) is 35.4 Å². The van der Waals surface area contributed by atoms with E-state index in [9.17, 15) is 22.2 Å². The third-order valence-corrected chi connectivity index (χ3v) is 9.28. The lowest BCUT2D eigenvalue weighted by Gasteiger charge is -2.40. The number of hydrogen-bond acceptors (Lipinski definition) is 6. The smallest absolute Gasteiger partial charge is 0.381 e. The van der Waals surface area contributed by atoms with Crippen LogP contribution in [-0.4, -0.2) is 65.0 Å². The van der Waals surface area contributed by atoms with Gasteiger partial charge in [0.25, 0.3) is 5.91 Å². The van der Waals surface area contributed by atoms with Gasteiger partial charge in [-0.1, -0.05) is 12.1 Å². The summed E-state index contributed by atoms with van der Waals surface area (Å²) in [7, 11) is -1.56. The Morgan fingerprint density at radius 3 is 2.41 bits per heavy atom. The molecular formula is C25H35F3N2O6S. The molecule has 3 heterocycles. The molecule has 1 aromatic rings. The second kappa shape index (κ2) is 13.0. The highest BCUT2D eigenvalue weighted by Crippen LogP contribution is 2.33. The Balaban J connectivity index is 1.24. The Morgan fingerprint density at radius 2 is 1.78 bits per heavy atom. The summed E-state index contributed by atoms with van der Waals surface area (Å²) >= 11 is 0. The topological polar surface area (TPSA) is 86.3 Å². The number of nitrogens with zero attached hydrogens (tertiary/aromatic N) is 1. The number of hydrogen-bond donors (Lipinski definition) is 1. The third kappa shape index (κ3) is 7.51. The van der Waals surface area contributed by atoms with Crippen molar-refractivity contribution in [2.24, 2.45) is 5.92 Å². The summed E-state index contributed by atoms with van der Waals surface area (Å²) in [5, 5.41) is 0. The highest BCUT2D eigenvalue weighted by atomic mass is 32.2. The van der Waals surface area contributed by atoms with E-state index < -0.39 is 39.7 Å². The fourth-order valence-corrected chi connectivity index (χ4v) is 6.57. The zero-order valence-corrected chi connectivity index (χ0v) is 21.6. The quantitative estimate of drug-likeness (QED) is 0.474. The third-order valence-electron chi connectivity index (χ3n) is 7.18. The maximum Gasteiger partial charge on any atom is 0.416 e. The number of piperidine rings is 1. The molecule has 0 radical (unpaired) electrons. The van der Waals surface area contributed by atoms with E-state index in [1.807, 2.05) is 4.31 Å². The highest BCUT2D eigenvalue weighted by molar-refractivity contribution is 7.85. The van der Waals surface area contributed by atoms with Crippen molar-refractivity contribution in [2.75, 3.05) is 39.5 Å². The first-order valence-corrected chi connectivity index (χ1v) is 13.9. The molecule has 3 aliphatic rings. The molecule has 12 heteroatoms. The molecule has 1 amide bonds. The predicted molar refractivity (Wildman–Crippen MR) is 129 cm³/mol. The lowest BCUT2D eigenvalue weighted by atomic mass is 9.98. The Kier molecular flexibility index (Phi) is 9.98. The Bertz CT molecular complexity index is 897. The average Bonchev–Trinajstić information content (AvgIpc) is 2.92. The van der Waals surface area contributed by atoms with Gasteiger partial charge in [-0.3, -0.25) is 4.79 Å². The molecule has 0 saturated carbocycles. The van der Waals surface area contributed by atoms with Crippen molar-refractivity contribution in [1.82, 2.24) is 9.79 Å². The van der Waals surface area contributed by atoms with Gasteiger partial charge in [-0.05, 0) is 62.1 Å². The second-order valence-electron chi connectivity index (χ2n) is 9.78. The minimum atomic E-state index is -4.35. The number of benzene rings is 1. The SMILES string of the molecule is O=C(NOC1CCCCO1)C1(S(=O)N2CCC(COCc3ccc(C(F)(F)F)cc3)CC2)CCOCC1. The number of hydroxylamine groups is 1. The fraction of sp³-hybridized carbons (Fsp3) is 0.720. The minimum Gasteiger partial charge on any atom is -0.381 e. The first-order valence-electron chi connectivity index (χ1n) is 12.8. The van der Waals surface area contributed by atoms with Crippen LogP contribution in [0.3, 0.4) is 0 Å². The number of rotatable bonds is 9. The number of carbonyl (C=O) groups is 1. The van der Waals surface area contributed by atoms with Gasteiger partial charge >= 0.3 is 6.18 Å². The predicted octanol–water partition coefficient (Wildman–Crippen LogP) is 3.72. The number of halogens is 3. The summed E-state index contributed by atoms with van der Waals surface area (Å²) in [5.74, 6) is -0.153. The Hall–Kier alpha value is -1.57. The van der Waals surface area contributed by atoms with E-state index in [2.05, 4.69) is 5.48 Å². The molecule has 0 bridgehead atoms. The number of carbonyl (C=O) groups excluding carboxylic acids is 1. The summed E-state index contributed by atoms with van der Waals surface area (Å²) in [5.41, 5.74) is 2.53. The molecule has 1 aromatic carbocycles. The number of amides is 1. The molecule has 0 spiro atoms. The standard InChI is InChI=1S/C25H35F3N2O6S/c26-25(27,28)21-6-4-19(5-7-21)17-34-18-20-8-12-30(13-9-20)37(32)24(10-15-33-16-11-24)23(31)29-36-22-3-1-2-14-35-22/h4-7,20,22H,1-3,8-18H2,(H,29,31). The van der Waals surface area contributed by atoms with Gasteiger partial charge in [0.1, 0.15) is 15.7 Å². The van der Waals surface area contributed by atoms with Gasteiger partial charge in [0.15, 0.2) is 6.29 Å². The number of ether oxygens (including phenoxy) is 3. The van der Waals surface area contributed by atoms with Crippen LogP contribution < -0.4 is 5.48 Å². The Morgan fingerprint density at radius 1 is 1.08 bits per heavy atom. The van der Waals surface area contributed by atoms with E-state index in [0.29, 0.717) is 64.3 Å². The van der Waals surface area contributed by atoms with E-state index in [4.69, 9.17) is 19.0 Å². The highest BCUT2D eigenvalue weighted by Gasteiger charge is 2.49. The van der Waals surface area contributed by atoms with Crippen LogP contribution in [0, 0.1) is 5.92 Å². The van der Waals surface area contributed by atoms with Gasteiger partial charge in [-0.15, -0.1) is 0 Å². The number of alkyl halides is 3. The van der Waals surface area contributed by atoms with Crippen molar-refractivity contribution in [2.45, 2.75) is 68.8 Å². The van der Waals surface area contributed by atoms with E-state index in [1.165, 1.54) is 12.1 Å². The van der Waals surface area contributed by atoms with Crippen molar-refractivity contribution in [1.29, 1.82) is 0 Å². The molecule has 3 saturated heterocycles. The molecule has 8 nitrogen and oxygen atoms in total. The van der Waals surface area contributed by atoms with E-state index in [0.717, 1.165) is 37.8 Å². The largest absolute Gasteiger partial charge is 0.416 e. The van der Waals surface area contributed by atoms with E-state index in [-0.39, 0.29) is 12.5 Å². The van der Waals surface area contributed by atoms with Crippen molar-refractivity contribution < 1.29 is 41.2 Å². The summed E-state index contributed by atoms with van der Waals surface area (Å²) in [6.07, 6.45) is -0.0152. The number of nitrogens with one attached hydrogen (secondary N) is 1. The van der Waals surface area contributed by atoms with Crippen molar-refractivity contribution >= 4 is 16.9 Å². The van der Waals surface area contributed by atoms with Crippen LogP contribution in [-0.2, 0) is 47.6 Å². The van der Waals surface area contributed by atoms with Gasteiger partial charge in [0.05, 0.1) is 12.2 Å². The van der Waals surface area contributed by atoms with E-state index in [1.54, 1.807) is 0 Å². The first kappa shape index (κ1) is 28.4. The maximum absolute atomic E-state index is 13.7. The monoisotopic (exact) mass is 548 g/mol. The van der Waals surface area contributed by atoms with Gasteiger partial charge < -0.3 is 14.2 Å². The normalized spacial score (nSPS) is 24.5. The molecule has 3 aliphatic heterocycles. The molecule has 4 rings (SSSR count). The molecule has 3 fully saturated rings. The fourth-order valence-electron chi connectivity index (χ4n) is 4.82. The summed E-state index contributed by atoms with van der Waals surface area (Å²) in [6.45, 7) is 3.12. The van der Waals surface area contributed by atoms with Crippen LogP contribution in [0.5, 0.6) is 0 Å². The molecule has 2 atom stereocenters. The molecule has 2 unspecified atom stereocenters. The van der Waals surface area contributed by atoms with Crippen LogP contribution in [0.1, 0.15) is 56.1 Å².